The third-order valence-electron chi connectivity index (χ3n) is 4.29. The number of anilines is 1. The number of ether oxygens (including phenoxy) is 2. The van der Waals surface area contributed by atoms with Gasteiger partial charge in [-0.3, -0.25) is 9.59 Å². The molecule has 3 aromatic rings. The van der Waals surface area contributed by atoms with Gasteiger partial charge in [0, 0.05) is 22.3 Å². The van der Waals surface area contributed by atoms with E-state index in [0.29, 0.717) is 27.9 Å². The van der Waals surface area contributed by atoms with E-state index < -0.39 is 0 Å². The van der Waals surface area contributed by atoms with E-state index in [9.17, 15) is 9.59 Å². The van der Waals surface area contributed by atoms with E-state index in [0.717, 1.165) is 15.8 Å². The van der Waals surface area contributed by atoms with Crippen molar-refractivity contribution in [2.24, 2.45) is 0 Å². The highest BCUT2D eigenvalue weighted by atomic mass is 35.5. The number of carbonyl (C=O) groups excluding carboxylic acids is 1. The number of benzene rings is 2. The van der Waals surface area contributed by atoms with Crippen LogP contribution in [0.15, 0.2) is 53.3 Å². The summed E-state index contributed by atoms with van der Waals surface area (Å²) in [7, 11) is 3.09. The van der Waals surface area contributed by atoms with Crippen LogP contribution in [0.5, 0.6) is 11.5 Å². The lowest BCUT2D eigenvalue weighted by Gasteiger charge is -2.11. The first-order valence-electron chi connectivity index (χ1n) is 8.78. The standard InChI is InChI=1S/C21H20ClN3O4/c1-13-4-6-15(11-16(13)22)23-20(26)12-25-21(27)9-7-17(24-25)14-5-8-18(28-2)19(10-14)29-3/h4-11H,12H2,1-3H3,(H,23,26). The fourth-order valence-corrected chi connectivity index (χ4v) is 2.90. The van der Waals surface area contributed by atoms with Crippen molar-refractivity contribution in [3.63, 3.8) is 0 Å². The van der Waals surface area contributed by atoms with Crippen LogP contribution >= 0.6 is 11.6 Å². The number of aryl methyl sites for hydroxylation is 1. The Morgan fingerprint density at radius 3 is 2.52 bits per heavy atom. The van der Waals surface area contributed by atoms with Gasteiger partial charge in [-0.1, -0.05) is 17.7 Å². The van der Waals surface area contributed by atoms with Crippen molar-refractivity contribution in [3.8, 4) is 22.8 Å². The van der Waals surface area contributed by atoms with Gasteiger partial charge in [-0.15, -0.1) is 0 Å². The molecular formula is C21H20ClN3O4. The molecule has 0 saturated heterocycles. The summed E-state index contributed by atoms with van der Waals surface area (Å²) in [6.45, 7) is 1.64. The zero-order chi connectivity index (χ0) is 21.0. The van der Waals surface area contributed by atoms with E-state index >= 15 is 0 Å². The lowest BCUT2D eigenvalue weighted by atomic mass is 10.1. The van der Waals surface area contributed by atoms with Crippen molar-refractivity contribution in [1.82, 2.24) is 9.78 Å². The molecule has 0 fully saturated rings. The summed E-state index contributed by atoms with van der Waals surface area (Å²) in [6, 6.07) is 13.5. The van der Waals surface area contributed by atoms with Gasteiger partial charge in [0.15, 0.2) is 11.5 Å². The lowest BCUT2D eigenvalue weighted by Crippen LogP contribution is -2.29. The van der Waals surface area contributed by atoms with Gasteiger partial charge in [0.05, 0.1) is 19.9 Å². The first kappa shape index (κ1) is 20.4. The smallest absolute Gasteiger partial charge is 0.267 e. The van der Waals surface area contributed by atoms with Crippen molar-refractivity contribution in [3.05, 3.63) is 69.5 Å². The van der Waals surface area contributed by atoms with Gasteiger partial charge in [0.25, 0.3) is 5.56 Å². The van der Waals surface area contributed by atoms with Gasteiger partial charge < -0.3 is 14.8 Å². The second-order valence-electron chi connectivity index (χ2n) is 6.30. The van der Waals surface area contributed by atoms with E-state index in [1.165, 1.54) is 13.2 Å². The number of hydrogen-bond acceptors (Lipinski definition) is 5. The molecule has 0 saturated carbocycles. The number of hydrogen-bond donors (Lipinski definition) is 1. The third kappa shape index (κ3) is 4.75. The number of rotatable bonds is 6. The highest BCUT2D eigenvalue weighted by Gasteiger charge is 2.11. The van der Waals surface area contributed by atoms with E-state index in [2.05, 4.69) is 10.4 Å². The van der Waals surface area contributed by atoms with E-state index in [1.807, 2.05) is 6.92 Å². The molecule has 0 bridgehead atoms. The second-order valence-corrected chi connectivity index (χ2v) is 6.70. The number of amides is 1. The number of nitrogens with one attached hydrogen (secondary N) is 1. The zero-order valence-electron chi connectivity index (χ0n) is 16.2. The zero-order valence-corrected chi connectivity index (χ0v) is 17.0. The quantitative estimate of drug-likeness (QED) is 0.668. The van der Waals surface area contributed by atoms with Crippen molar-refractivity contribution in [1.29, 1.82) is 0 Å². The summed E-state index contributed by atoms with van der Waals surface area (Å²) in [5.74, 6) is 0.739. The fourth-order valence-electron chi connectivity index (χ4n) is 2.72. The summed E-state index contributed by atoms with van der Waals surface area (Å²) in [4.78, 5) is 24.5. The number of carbonyl (C=O) groups is 1. The van der Waals surface area contributed by atoms with Crippen LogP contribution in [0.2, 0.25) is 5.02 Å². The minimum absolute atomic E-state index is 0.231. The van der Waals surface area contributed by atoms with Crippen LogP contribution in [0.3, 0.4) is 0 Å². The average molecular weight is 414 g/mol. The van der Waals surface area contributed by atoms with Crippen LogP contribution in [0.1, 0.15) is 5.56 Å². The molecular weight excluding hydrogens is 394 g/mol. The van der Waals surface area contributed by atoms with Gasteiger partial charge >= 0.3 is 0 Å². The predicted molar refractivity (Wildman–Crippen MR) is 112 cm³/mol. The molecule has 1 aromatic heterocycles. The molecule has 0 aliphatic carbocycles. The first-order valence-corrected chi connectivity index (χ1v) is 9.15. The molecule has 0 radical (unpaired) electrons. The summed E-state index contributed by atoms with van der Waals surface area (Å²) in [5.41, 5.74) is 2.32. The normalized spacial score (nSPS) is 10.5. The molecule has 1 amide bonds. The summed E-state index contributed by atoms with van der Waals surface area (Å²) < 4.78 is 11.6. The number of aromatic nitrogens is 2. The summed E-state index contributed by atoms with van der Waals surface area (Å²) >= 11 is 6.08. The molecule has 29 heavy (non-hydrogen) atoms. The Hall–Kier alpha value is -3.32. The highest BCUT2D eigenvalue weighted by molar-refractivity contribution is 6.31. The van der Waals surface area contributed by atoms with Crippen molar-refractivity contribution < 1.29 is 14.3 Å². The molecule has 2 aromatic carbocycles. The second kappa shape index (κ2) is 8.79. The molecule has 0 spiro atoms. The molecule has 8 heteroatoms. The average Bonchev–Trinajstić information content (AvgIpc) is 2.71. The molecule has 0 atom stereocenters. The monoisotopic (exact) mass is 413 g/mol. The SMILES string of the molecule is COc1ccc(-c2ccc(=O)n(CC(=O)Nc3ccc(C)c(Cl)c3)n2)cc1OC. The molecule has 0 aliphatic rings. The Balaban J connectivity index is 1.83. The van der Waals surface area contributed by atoms with Crippen molar-refractivity contribution >= 4 is 23.2 Å². The third-order valence-corrected chi connectivity index (χ3v) is 4.70. The molecule has 150 valence electrons. The minimum atomic E-state index is -0.385. The van der Waals surface area contributed by atoms with Gasteiger partial charge in [-0.2, -0.15) is 5.10 Å². The highest BCUT2D eigenvalue weighted by Crippen LogP contribution is 2.31. The number of methoxy groups -OCH3 is 2. The molecule has 1 N–H and O–H groups in total. The summed E-state index contributed by atoms with van der Waals surface area (Å²) in [6.07, 6.45) is 0. The lowest BCUT2D eigenvalue weighted by molar-refractivity contribution is -0.117. The van der Waals surface area contributed by atoms with Gasteiger partial charge in [0.1, 0.15) is 6.54 Å². The van der Waals surface area contributed by atoms with Gasteiger partial charge in [-0.05, 0) is 48.9 Å². The Morgan fingerprint density at radius 1 is 1.07 bits per heavy atom. The van der Waals surface area contributed by atoms with E-state index in [4.69, 9.17) is 21.1 Å². The van der Waals surface area contributed by atoms with Crippen molar-refractivity contribution in [2.75, 3.05) is 19.5 Å². The van der Waals surface area contributed by atoms with Crippen LogP contribution in [-0.2, 0) is 11.3 Å². The Morgan fingerprint density at radius 2 is 1.83 bits per heavy atom. The topological polar surface area (TPSA) is 82.5 Å². The maximum atomic E-state index is 12.4. The first-order chi connectivity index (χ1) is 13.9. The largest absolute Gasteiger partial charge is 0.493 e. The Labute approximate surface area is 172 Å². The fraction of sp³-hybridized carbons (Fsp3) is 0.190. The van der Waals surface area contributed by atoms with Crippen LogP contribution in [0.25, 0.3) is 11.3 Å². The minimum Gasteiger partial charge on any atom is -0.493 e. The number of nitrogens with zero attached hydrogens (tertiary/aromatic N) is 2. The maximum Gasteiger partial charge on any atom is 0.267 e. The van der Waals surface area contributed by atoms with Crippen LogP contribution < -0.4 is 20.3 Å². The molecule has 1 heterocycles. The van der Waals surface area contributed by atoms with Crippen LogP contribution in [0, 0.1) is 6.92 Å². The number of halogens is 1. The van der Waals surface area contributed by atoms with Crippen LogP contribution in [0.4, 0.5) is 5.69 Å². The van der Waals surface area contributed by atoms with Crippen molar-refractivity contribution in [2.45, 2.75) is 13.5 Å². The van der Waals surface area contributed by atoms with E-state index in [1.54, 1.807) is 49.6 Å². The van der Waals surface area contributed by atoms with E-state index in [-0.39, 0.29) is 18.0 Å². The summed E-state index contributed by atoms with van der Waals surface area (Å²) in [5, 5.41) is 7.58. The van der Waals surface area contributed by atoms with Gasteiger partial charge in [-0.25, -0.2) is 4.68 Å². The van der Waals surface area contributed by atoms with Gasteiger partial charge in [0.2, 0.25) is 5.91 Å². The predicted octanol–water partition coefficient (Wildman–Crippen LogP) is 3.53. The maximum absolute atomic E-state index is 12.4. The van der Waals surface area contributed by atoms with Crippen LogP contribution in [-0.4, -0.2) is 29.9 Å². The molecule has 7 nitrogen and oxygen atoms in total. The molecule has 0 aliphatic heterocycles. The molecule has 3 rings (SSSR count). The Bertz CT molecular complexity index is 1110. The molecule has 0 unspecified atom stereocenters. The Kier molecular flexibility index (Phi) is 6.19.